The maximum absolute atomic E-state index is 6.59. The maximum Gasteiger partial charge on any atom is 0.162 e. The molecule has 0 bridgehead atoms. The average molecular weight is 955 g/mol. The molecule has 12 nitrogen and oxygen atoms in total. The summed E-state index contributed by atoms with van der Waals surface area (Å²) in [5, 5.41) is 1.78. The summed E-state index contributed by atoms with van der Waals surface area (Å²) in [5.41, 5.74) is 12.4. The Labute approximate surface area is 424 Å². The van der Waals surface area contributed by atoms with E-state index in [-0.39, 0.29) is 0 Å². The number of pyridine rings is 4. The summed E-state index contributed by atoms with van der Waals surface area (Å²) in [6, 6.07) is 64.8. The molecule has 8 heterocycles. The Morgan fingerprint density at radius 1 is 0.311 bits per heavy atom. The van der Waals surface area contributed by atoms with Crippen molar-refractivity contribution in [3.63, 3.8) is 0 Å². The zero-order valence-corrected chi connectivity index (χ0v) is 39.2. The number of anilines is 6. The third kappa shape index (κ3) is 7.49. The number of para-hydroxylation sites is 8. The van der Waals surface area contributed by atoms with Gasteiger partial charge in [0.05, 0.1) is 56.9 Å². The molecule has 0 saturated heterocycles. The van der Waals surface area contributed by atoms with Crippen LogP contribution >= 0.6 is 0 Å². The normalized spacial score (nSPS) is 12.2. The van der Waals surface area contributed by atoms with Crippen LogP contribution in [0.3, 0.4) is 0 Å². The quantitative estimate of drug-likeness (QED) is 0.144. The fraction of sp³-hybridized carbons (Fsp3) is 0. The van der Waals surface area contributed by atoms with Gasteiger partial charge in [-0.25, -0.2) is 19.9 Å². The Morgan fingerprint density at radius 3 is 1.05 bits per heavy atom. The van der Waals surface area contributed by atoms with E-state index in [0.29, 0.717) is 45.8 Å². The van der Waals surface area contributed by atoms with Crippen LogP contribution in [-0.4, -0.2) is 39.9 Å². The van der Waals surface area contributed by atoms with E-state index in [0.717, 1.165) is 90.1 Å². The van der Waals surface area contributed by atoms with Gasteiger partial charge in [0.15, 0.2) is 34.6 Å². The lowest BCUT2D eigenvalue weighted by molar-refractivity contribution is 0.476. The first-order chi connectivity index (χ1) is 36.7. The van der Waals surface area contributed by atoms with E-state index >= 15 is 0 Å². The number of rotatable bonds is 8. The summed E-state index contributed by atoms with van der Waals surface area (Å²) < 4.78 is 13.2. The molecule has 0 atom stereocenters. The van der Waals surface area contributed by atoms with Crippen LogP contribution in [0.25, 0.3) is 78.8 Å². The third-order valence-electron chi connectivity index (χ3n) is 13.1. The van der Waals surface area contributed by atoms with Crippen LogP contribution in [0, 0.1) is 0 Å². The Kier molecular flexibility index (Phi) is 10.2. The summed E-state index contributed by atoms with van der Waals surface area (Å²) in [5.74, 6) is 3.90. The van der Waals surface area contributed by atoms with Crippen molar-refractivity contribution in [2.75, 3.05) is 9.80 Å². The predicted octanol–water partition coefficient (Wildman–Crippen LogP) is 15.2. The molecule has 14 rings (SSSR count). The largest absolute Gasteiger partial charge is 0.453 e. The van der Waals surface area contributed by atoms with Crippen LogP contribution in [-0.2, 0) is 0 Å². The van der Waals surface area contributed by atoms with Crippen molar-refractivity contribution in [3.05, 3.63) is 231 Å². The minimum Gasteiger partial charge on any atom is -0.453 e. The molecule has 348 valence electrons. The van der Waals surface area contributed by atoms with Gasteiger partial charge < -0.3 is 19.3 Å². The van der Waals surface area contributed by atoms with Crippen molar-refractivity contribution < 1.29 is 9.47 Å². The molecule has 0 fully saturated rings. The van der Waals surface area contributed by atoms with Gasteiger partial charge in [0.1, 0.15) is 0 Å². The molecule has 6 aromatic carbocycles. The third-order valence-corrected chi connectivity index (χ3v) is 13.1. The molecule has 12 heteroatoms. The topological polar surface area (TPSA) is 128 Å². The molecular weight excluding hydrogens is 917 g/mol. The van der Waals surface area contributed by atoms with E-state index in [1.54, 1.807) is 37.2 Å². The van der Waals surface area contributed by atoms with Crippen LogP contribution in [0.1, 0.15) is 0 Å². The lowest BCUT2D eigenvalue weighted by Gasteiger charge is -2.34. The van der Waals surface area contributed by atoms with Gasteiger partial charge in [0.25, 0.3) is 0 Å². The van der Waals surface area contributed by atoms with Crippen molar-refractivity contribution in [2.45, 2.75) is 0 Å². The number of fused-ring (bicyclic) bond motifs is 5. The fourth-order valence-electron chi connectivity index (χ4n) is 9.79. The Hall–Kier alpha value is -10.5. The van der Waals surface area contributed by atoms with Crippen molar-refractivity contribution in [1.82, 2.24) is 39.9 Å². The first-order valence-corrected chi connectivity index (χ1v) is 24.0. The number of aromatic nitrogens is 8. The van der Waals surface area contributed by atoms with E-state index in [9.17, 15) is 0 Å². The van der Waals surface area contributed by atoms with Crippen molar-refractivity contribution in [3.8, 4) is 91.1 Å². The van der Waals surface area contributed by atoms with Gasteiger partial charge >= 0.3 is 0 Å². The summed E-state index contributed by atoms with van der Waals surface area (Å²) >= 11 is 0. The molecule has 0 aliphatic carbocycles. The second-order valence-corrected chi connectivity index (χ2v) is 17.7. The zero-order valence-electron chi connectivity index (χ0n) is 39.2. The predicted molar refractivity (Wildman–Crippen MR) is 288 cm³/mol. The van der Waals surface area contributed by atoms with Crippen LogP contribution in [0.5, 0.6) is 23.0 Å². The standard InChI is InChI=1S/C62H38N10O2/c1-5-23-57-53(19-1)71(54-20-2-6-24-58(54)73-57)41-31-43-44(45(33-41)49-35-51(47-17-9-11-29-65-47)69-61(67-49)39-15-13-27-63-37-39)32-42(72-55-21-3-7-25-59(55)74-60-26-8-4-22-56(60)72)34-46(43)50-36-52(48-18-10-12-30-66-48)70-62(68-50)40-16-14-28-64-38-40/h1-38H. The molecule has 0 N–H and O–H groups in total. The van der Waals surface area contributed by atoms with Gasteiger partial charge in [0.2, 0.25) is 0 Å². The second-order valence-electron chi connectivity index (χ2n) is 17.7. The van der Waals surface area contributed by atoms with Gasteiger partial charge in [-0.05, 0) is 144 Å². The fourth-order valence-corrected chi connectivity index (χ4v) is 9.79. The van der Waals surface area contributed by atoms with E-state index in [4.69, 9.17) is 39.4 Å². The molecule has 0 unspecified atom stereocenters. The maximum atomic E-state index is 6.59. The first-order valence-electron chi connectivity index (χ1n) is 24.0. The number of ether oxygens (including phenoxy) is 2. The van der Waals surface area contributed by atoms with E-state index in [2.05, 4.69) is 68.3 Å². The SMILES string of the molecule is c1ccc(-c2cc(-c3cc(N4c5ccccc5Oc5ccccc54)cc4c(-c5cc(-c6ccccn6)nc(-c6cccnc6)n5)cc(N5c6ccccc6Oc6ccccc65)cc34)nc(-c3cccnc3)n2)nc1. The van der Waals surface area contributed by atoms with E-state index < -0.39 is 0 Å². The molecule has 2 aliphatic rings. The van der Waals surface area contributed by atoms with Gasteiger partial charge in [-0.15, -0.1) is 0 Å². The summed E-state index contributed by atoms with van der Waals surface area (Å²) in [7, 11) is 0. The van der Waals surface area contributed by atoms with Gasteiger partial charge in [0, 0.05) is 70.8 Å². The van der Waals surface area contributed by atoms with Gasteiger partial charge in [-0.2, -0.15) is 0 Å². The number of benzene rings is 6. The summed E-state index contributed by atoms with van der Waals surface area (Å²) in [6.45, 7) is 0. The summed E-state index contributed by atoms with van der Waals surface area (Å²) in [6.07, 6.45) is 10.6. The molecule has 0 radical (unpaired) electrons. The van der Waals surface area contributed by atoms with Crippen molar-refractivity contribution in [1.29, 1.82) is 0 Å². The summed E-state index contributed by atoms with van der Waals surface area (Å²) in [4.78, 5) is 44.3. The van der Waals surface area contributed by atoms with E-state index in [1.807, 2.05) is 146 Å². The molecular formula is C62H38N10O2. The number of nitrogens with zero attached hydrogens (tertiary/aromatic N) is 10. The van der Waals surface area contributed by atoms with Gasteiger partial charge in [-0.1, -0.05) is 60.7 Å². The zero-order chi connectivity index (χ0) is 49.0. The highest BCUT2D eigenvalue weighted by Gasteiger charge is 2.30. The lowest BCUT2D eigenvalue weighted by atomic mass is 9.92. The molecule has 12 aromatic rings. The molecule has 0 amide bonds. The second kappa shape index (κ2) is 17.7. The van der Waals surface area contributed by atoms with Crippen LogP contribution < -0.4 is 19.3 Å². The molecule has 6 aromatic heterocycles. The van der Waals surface area contributed by atoms with Crippen molar-refractivity contribution >= 4 is 44.9 Å². The Morgan fingerprint density at radius 2 is 0.689 bits per heavy atom. The monoisotopic (exact) mass is 954 g/mol. The first kappa shape index (κ1) is 42.4. The highest BCUT2D eigenvalue weighted by atomic mass is 16.5. The Balaban J connectivity index is 1.14. The number of hydrogen-bond acceptors (Lipinski definition) is 12. The Bertz CT molecular complexity index is 3640. The minimum atomic E-state index is 0.501. The highest BCUT2D eigenvalue weighted by Crippen LogP contribution is 2.55. The molecule has 74 heavy (non-hydrogen) atoms. The van der Waals surface area contributed by atoms with Crippen LogP contribution in [0.15, 0.2) is 231 Å². The van der Waals surface area contributed by atoms with Crippen LogP contribution in [0.4, 0.5) is 34.1 Å². The smallest absolute Gasteiger partial charge is 0.162 e. The molecule has 0 spiro atoms. The van der Waals surface area contributed by atoms with Crippen LogP contribution in [0.2, 0.25) is 0 Å². The average Bonchev–Trinajstić information content (AvgIpc) is 3.48. The highest BCUT2D eigenvalue weighted by molar-refractivity contribution is 6.10. The number of hydrogen-bond donors (Lipinski definition) is 0. The molecule has 0 saturated carbocycles. The van der Waals surface area contributed by atoms with Crippen molar-refractivity contribution in [2.24, 2.45) is 0 Å². The van der Waals surface area contributed by atoms with Gasteiger partial charge in [-0.3, -0.25) is 19.9 Å². The lowest BCUT2D eigenvalue weighted by Crippen LogP contribution is -2.16. The minimum absolute atomic E-state index is 0.501. The molecule has 2 aliphatic heterocycles. The van der Waals surface area contributed by atoms with E-state index in [1.165, 1.54) is 0 Å².